The average Bonchev–Trinajstić information content (AvgIpc) is 2.60. The third-order valence-corrected chi connectivity index (χ3v) is 1.98. The maximum absolute atomic E-state index is 5.52. The van der Waals surface area contributed by atoms with E-state index < -0.39 is 0 Å². The highest BCUT2D eigenvalue weighted by Crippen LogP contribution is 2.00. The molecule has 0 amide bonds. The fourth-order valence-corrected chi connectivity index (χ4v) is 1.26. The Hall–Kier alpha value is -0.870. The summed E-state index contributed by atoms with van der Waals surface area (Å²) in [6, 6.07) is 0. The molecule has 13 heavy (non-hydrogen) atoms. The summed E-state index contributed by atoms with van der Waals surface area (Å²) in [6.07, 6.45) is 5.95. The second-order valence-electron chi connectivity index (χ2n) is 2.94. The number of nitrogens with two attached hydrogens (primary N) is 1. The molecule has 0 aliphatic heterocycles. The molecule has 0 aromatic carbocycles. The summed E-state index contributed by atoms with van der Waals surface area (Å²) in [6.45, 7) is 2.32. The average molecular weight is 183 g/mol. The van der Waals surface area contributed by atoms with E-state index in [0.29, 0.717) is 6.54 Å². The molecule has 0 spiro atoms. The number of rotatable bonds is 6. The maximum atomic E-state index is 5.52. The minimum absolute atomic E-state index is 0.511. The Morgan fingerprint density at radius 2 is 2.38 bits per heavy atom. The summed E-state index contributed by atoms with van der Waals surface area (Å²) in [7, 11) is 1.72. The fraction of sp³-hybridized carbons (Fsp3) is 0.667. The van der Waals surface area contributed by atoms with E-state index in [1.807, 2.05) is 6.20 Å². The van der Waals surface area contributed by atoms with Gasteiger partial charge in [0.2, 0.25) is 0 Å². The second kappa shape index (κ2) is 5.72. The first-order valence-electron chi connectivity index (χ1n) is 4.57. The Balaban J connectivity index is 2.27. The lowest BCUT2D eigenvalue weighted by atomic mass is 10.3. The van der Waals surface area contributed by atoms with Crippen LogP contribution in [0.3, 0.4) is 0 Å². The van der Waals surface area contributed by atoms with E-state index >= 15 is 0 Å². The van der Waals surface area contributed by atoms with Crippen molar-refractivity contribution in [2.45, 2.75) is 25.9 Å². The van der Waals surface area contributed by atoms with Crippen LogP contribution in [0, 0.1) is 0 Å². The van der Waals surface area contributed by atoms with Crippen molar-refractivity contribution in [2.24, 2.45) is 5.73 Å². The van der Waals surface area contributed by atoms with Crippen LogP contribution in [0.15, 0.2) is 12.4 Å². The minimum Gasteiger partial charge on any atom is -0.385 e. The van der Waals surface area contributed by atoms with Gasteiger partial charge in [-0.25, -0.2) is 4.98 Å². The highest BCUT2D eigenvalue weighted by atomic mass is 16.5. The molecule has 1 heterocycles. The van der Waals surface area contributed by atoms with Crippen LogP contribution < -0.4 is 5.73 Å². The van der Waals surface area contributed by atoms with Gasteiger partial charge in [0, 0.05) is 32.7 Å². The summed E-state index contributed by atoms with van der Waals surface area (Å²) in [5, 5.41) is 0. The number of hydrogen-bond donors (Lipinski definition) is 1. The van der Waals surface area contributed by atoms with Gasteiger partial charge >= 0.3 is 0 Å². The van der Waals surface area contributed by atoms with Gasteiger partial charge in [0.15, 0.2) is 0 Å². The molecule has 1 aromatic heterocycles. The zero-order valence-electron chi connectivity index (χ0n) is 8.07. The number of unbranched alkanes of at least 4 members (excludes halogenated alkanes) is 1. The van der Waals surface area contributed by atoms with Crippen LogP contribution in [0.5, 0.6) is 0 Å². The molecule has 0 radical (unpaired) electrons. The van der Waals surface area contributed by atoms with Gasteiger partial charge in [-0.1, -0.05) is 0 Å². The number of hydrogen-bond acceptors (Lipinski definition) is 3. The van der Waals surface area contributed by atoms with E-state index in [1.165, 1.54) is 0 Å². The van der Waals surface area contributed by atoms with Crippen molar-refractivity contribution in [2.75, 3.05) is 13.7 Å². The number of nitrogens with zero attached hydrogens (tertiary/aromatic N) is 2. The van der Waals surface area contributed by atoms with Gasteiger partial charge in [-0.15, -0.1) is 0 Å². The number of ether oxygens (including phenoxy) is 1. The summed E-state index contributed by atoms with van der Waals surface area (Å²) < 4.78 is 7.06. The predicted octanol–water partition coefficient (Wildman–Crippen LogP) is 0.768. The van der Waals surface area contributed by atoms with Crippen LogP contribution in [0.1, 0.15) is 18.7 Å². The van der Waals surface area contributed by atoms with Crippen LogP contribution in [-0.4, -0.2) is 23.3 Å². The number of imidazole rings is 1. The molecule has 4 nitrogen and oxygen atoms in total. The molecular formula is C9H17N3O. The fourth-order valence-electron chi connectivity index (χ4n) is 1.26. The van der Waals surface area contributed by atoms with E-state index in [0.717, 1.165) is 31.8 Å². The first-order chi connectivity index (χ1) is 6.38. The maximum Gasteiger partial charge on any atom is 0.122 e. The van der Waals surface area contributed by atoms with Crippen LogP contribution in [0.2, 0.25) is 0 Å². The zero-order valence-corrected chi connectivity index (χ0v) is 8.07. The van der Waals surface area contributed by atoms with E-state index in [1.54, 1.807) is 13.3 Å². The number of aromatic nitrogens is 2. The quantitative estimate of drug-likeness (QED) is 0.663. The first-order valence-corrected chi connectivity index (χ1v) is 4.57. The van der Waals surface area contributed by atoms with Gasteiger partial charge in [0.1, 0.15) is 5.82 Å². The predicted molar refractivity (Wildman–Crippen MR) is 51.2 cm³/mol. The molecule has 0 atom stereocenters. The van der Waals surface area contributed by atoms with Crippen molar-refractivity contribution in [3.63, 3.8) is 0 Å². The van der Waals surface area contributed by atoms with Crippen molar-refractivity contribution >= 4 is 0 Å². The van der Waals surface area contributed by atoms with Crippen molar-refractivity contribution in [3.8, 4) is 0 Å². The van der Waals surface area contributed by atoms with E-state index in [2.05, 4.69) is 9.55 Å². The smallest absolute Gasteiger partial charge is 0.122 e. The summed E-state index contributed by atoms with van der Waals surface area (Å²) >= 11 is 0. The van der Waals surface area contributed by atoms with Crippen LogP contribution >= 0.6 is 0 Å². The zero-order chi connectivity index (χ0) is 9.52. The van der Waals surface area contributed by atoms with Crippen LogP contribution in [0.4, 0.5) is 0 Å². The van der Waals surface area contributed by atoms with Gasteiger partial charge in [0.05, 0.1) is 6.54 Å². The summed E-state index contributed by atoms with van der Waals surface area (Å²) in [5.74, 6) is 0.956. The number of aryl methyl sites for hydroxylation is 1. The van der Waals surface area contributed by atoms with Gasteiger partial charge in [-0.2, -0.15) is 0 Å². The molecule has 0 bridgehead atoms. The molecule has 2 N–H and O–H groups in total. The third-order valence-electron chi connectivity index (χ3n) is 1.98. The largest absolute Gasteiger partial charge is 0.385 e. The highest BCUT2D eigenvalue weighted by Gasteiger charge is 1.98. The molecule has 0 fully saturated rings. The Kier molecular flexibility index (Phi) is 4.49. The summed E-state index contributed by atoms with van der Waals surface area (Å²) in [5.41, 5.74) is 5.52. The van der Waals surface area contributed by atoms with E-state index in [-0.39, 0.29) is 0 Å². The van der Waals surface area contributed by atoms with Crippen molar-refractivity contribution in [3.05, 3.63) is 18.2 Å². The van der Waals surface area contributed by atoms with Gasteiger partial charge in [0.25, 0.3) is 0 Å². The molecule has 0 saturated carbocycles. The van der Waals surface area contributed by atoms with Gasteiger partial charge in [-0.05, 0) is 12.8 Å². The Labute approximate surface area is 78.7 Å². The van der Waals surface area contributed by atoms with Gasteiger partial charge < -0.3 is 15.0 Å². The second-order valence-corrected chi connectivity index (χ2v) is 2.94. The lowest BCUT2D eigenvalue weighted by Crippen LogP contribution is -2.08. The van der Waals surface area contributed by atoms with Crippen molar-refractivity contribution < 1.29 is 4.74 Å². The lowest BCUT2D eigenvalue weighted by Gasteiger charge is -2.05. The number of methoxy groups -OCH3 is 1. The topological polar surface area (TPSA) is 53.1 Å². The molecule has 0 aliphatic rings. The lowest BCUT2D eigenvalue weighted by molar-refractivity contribution is 0.191. The molecule has 0 aliphatic carbocycles. The Morgan fingerprint density at radius 3 is 3.08 bits per heavy atom. The molecule has 1 aromatic rings. The Bertz CT molecular complexity index is 235. The van der Waals surface area contributed by atoms with Gasteiger partial charge in [-0.3, -0.25) is 0 Å². The molecule has 0 saturated heterocycles. The Morgan fingerprint density at radius 1 is 1.54 bits per heavy atom. The van der Waals surface area contributed by atoms with Crippen molar-refractivity contribution in [1.82, 2.24) is 9.55 Å². The first kappa shape index (κ1) is 10.2. The molecule has 0 unspecified atom stereocenters. The summed E-state index contributed by atoms with van der Waals surface area (Å²) in [4.78, 5) is 4.14. The molecule has 4 heteroatoms. The van der Waals surface area contributed by atoms with E-state index in [4.69, 9.17) is 10.5 Å². The highest BCUT2D eigenvalue weighted by molar-refractivity contribution is 4.90. The molecular weight excluding hydrogens is 166 g/mol. The standard InChI is InChI=1S/C9H17N3O/c1-13-7-3-2-5-12-6-4-11-9(12)8-10/h4,6H,2-3,5,7-8,10H2,1H3. The molecule has 1 rings (SSSR count). The molecule has 74 valence electrons. The van der Waals surface area contributed by atoms with Crippen LogP contribution in [-0.2, 0) is 17.8 Å². The SMILES string of the molecule is COCCCCn1ccnc1CN. The van der Waals surface area contributed by atoms with E-state index in [9.17, 15) is 0 Å². The monoisotopic (exact) mass is 183 g/mol. The normalized spacial score (nSPS) is 10.6. The van der Waals surface area contributed by atoms with Crippen molar-refractivity contribution in [1.29, 1.82) is 0 Å². The third kappa shape index (κ3) is 3.16. The minimum atomic E-state index is 0.511. The van der Waals surface area contributed by atoms with Crippen LogP contribution in [0.25, 0.3) is 0 Å².